The van der Waals surface area contributed by atoms with Crippen molar-refractivity contribution >= 4 is 23.1 Å². The summed E-state index contributed by atoms with van der Waals surface area (Å²) in [6, 6.07) is 12.2. The molecule has 1 aliphatic rings. The van der Waals surface area contributed by atoms with E-state index in [9.17, 15) is 18.7 Å². The van der Waals surface area contributed by atoms with E-state index in [0.717, 1.165) is 18.1 Å². The van der Waals surface area contributed by atoms with Gasteiger partial charge < -0.3 is 20.5 Å². The zero-order valence-corrected chi connectivity index (χ0v) is 22.6. The van der Waals surface area contributed by atoms with Gasteiger partial charge in [-0.25, -0.2) is 13.8 Å². The van der Waals surface area contributed by atoms with Crippen molar-refractivity contribution in [3.8, 4) is 0 Å². The fourth-order valence-electron chi connectivity index (χ4n) is 4.33. The highest BCUT2D eigenvalue weighted by Gasteiger charge is 2.31. The minimum Gasteiger partial charge on any atom is -0.474 e. The lowest BCUT2D eigenvalue weighted by Gasteiger charge is -2.25. The van der Waals surface area contributed by atoms with E-state index in [0.29, 0.717) is 35.1 Å². The maximum atomic E-state index is 13.9. The SMILES string of the molecule is CCc1cccc(CNC[C@@H](O)[C@H](Cc2cc(F)cc(F)c2)NC(=O)c2ccsc2C2=NC(C)(C)CO2)c1. The van der Waals surface area contributed by atoms with Crippen molar-refractivity contribution in [2.24, 2.45) is 4.99 Å². The Balaban J connectivity index is 1.49. The van der Waals surface area contributed by atoms with Gasteiger partial charge in [0, 0.05) is 19.2 Å². The number of benzene rings is 2. The number of carbonyl (C=O) groups excluding carboxylic acids is 1. The average molecular weight is 542 g/mol. The Labute approximate surface area is 225 Å². The molecule has 3 N–H and O–H groups in total. The van der Waals surface area contributed by atoms with Crippen molar-refractivity contribution in [1.29, 1.82) is 0 Å². The molecule has 0 bridgehead atoms. The van der Waals surface area contributed by atoms with Crippen LogP contribution in [0.4, 0.5) is 8.78 Å². The van der Waals surface area contributed by atoms with Crippen LogP contribution in [0.25, 0.3) is 0 Å². The number of amides is 1. The molecule has 202 valence electrons. The van der Waals surface area contributed by atoms with Gasteiger partial charge in [0.2, 0.25) is 5.90 Å². The number of aliphatic hydroxyl groups is 1. The molecule has 4 rings (SSSR count). The number of carbonyl (C=O) groups is 1. The van der Waals surface area contributed by atoms with Gasteiger partial charge in [-0.1, -0.05) is 31.2 Å². The lowest BCUT2D eigenvalue weighted by atomic mass is 10.00. The second-order valence-corrected chi connectivity index (χ2v) is 11.0. The molecule has 0 aliphatic carbocycles. The minimum absolute atomic E-state index is 0.0402. The summed E-state index contributed by atoms with van der Waals surface area (Å²) in [4.78, 5) is 18.5. The predicted octanol–water partition coefficient (Wildman–Crippen LogP) is 4.64. The van der Waals surface area contributed by atoms with Crippen LogP contribution in [0.1, 0.15) is 52.7 Å². The fraction of sp³-hybridized carbons (Fsp3) is 0.379. The Morgan fingerprint density at radius 3 is 2.55 bits per heavy atom. The topological polar surface area (TPSA) is 83.0 Å². The highest BCUT2D eigenvalue weighted by molar-refractivity contribution is 7.12. The van der Waals surface area contributed by atoms with E-state index < -0.39 is 29.7 Å². The third-order valence-corrected chi connectivity index (χ3v) is 7.21. The smallest absolute Gasteiger partial charge is 0.253 e. The first-order valence-corrected chi connectivity index (χ1v) is 13.5. The monoisotopic (exact) mass is 541 g/mol. The number of halogens is 2. The van der Waals surface area contributed by atoms with Crippen molar-refractivity contribution in [3.05, 3.63) is 92.7 Å². The zero-order chi connectivity index (χ0) is 27.3. The van der Waals surface area contributed by atoms with Gasteiger partial charge in [-0.3, -0.25) is 4.79 Å². The standard InChI is InChI=1S/C29H33F2N3O3S/c1-4-18-6-5-7-19(10-18)15-32-16-25(35)24(13-20-11-21(30)14-22(31)12-20)33-27(36)23-8-9-38-26(23)28-34-29(2,3)17-37-28/h5-12,14,24-25,32,35H,4,13,15-17H2,1-3H3,(H,33,36)/t24-,25+/m0/s1. The molecule has 0 saturated heterocycles. The highest BCUT2D eigenvalue weighted by Crippen LogP contribution is 2.26. The molecule has 0 saturated carbocycles. The second kappa shape index (κ2) is 12.1. The summed E-state index contributed by atoms with van der Waals surface area (Å²) in [5, 5.41) is 19.0. The quantitative estimate of drug-likeness (QED) is 0.331. The molecule has 1 aliphatic heterocycles. The Kier molecular flexibility index (Phi) is 8.91. The largest absolute Gasteiger partial charge is 0.474 e. The van der Waals surface area contributed by atoms with Crippen LogP contribution in [0.3, 0.4) is 0 Å². The number of aryl methyl sites for hydroxylation is 1. The summed E-state index contributed by atoms with van der Waals surface area (Å²) in [5.41, 5.74) is 2.62. The Morgan fingerprint density at radius 1 is 1.13 bits per heavy atom. The summed E-state index contributed by atoms with van der Waals surface area (Å²) < 4.78 is 33.5. The van der Waals surface area contributed by atoms with E-state index in [2.05, 4.69) is 34.7 Å². The van der Waals surface area contributed by atoms with Crippen LogP contribution < -0.4 is 10.6 Å². The Morgan fingerprint density at radius 2 is 1.87 bits per heavy atom. The van der Waals surface area contributed by atoms with Crippen LogP contribution in [-0.2, 0) is 24.1 Å². The molecule has 0 unspecified atom stereocenters. The number of rotatable bonds is 11. The number of nitrogens with one attached hydrogen (secondary N) is 2. The van der Waals surface area contributed by atoms with Gasteiger partial charge >= 0.3 is 0 Å². The van der Waals surface area contributed by atoms with Crippen LogP contribution in [0.15, 0.2) is 58.9 Å². The molecule has 0 fully saturated rings. The van der Waals surface area contributed by atoms with Gasteiger partial charge in [0.05, 0.1) is 23.2 Å². The first kappa shape index (κ1) is 27.9. The van der Waals surface area contributed by atoms with E-state index in [1.165, 1.54) is 29.0 Å². The number of nitrogens with zero attached hydrogens (tertiary/aromatic N) is 1. The van der Waals surface area contributed by atoms with Gasteiger partial charge in [0.15, 0.2) is 0 Å². The molecule has 2 heterocycles. The Hall–Kier alpha value is -3.14. The molecule has 2 aromatic carbocycles. The van der Waals surface area contributed by atoms with Crippen molar-refractivity contribution in [2.75, 3.05) is 13.2 Å². The highest BCUT2D eigenvalue weighted by atomic mass is 32.1. The first-order valence-electron chi connectivity index (χ1n) is 12.7. The number of hydrogen-bond acceptors (Lipinski definition) is 6. The van der Waals surface area contributed by atoms with Gasteiger partial charge in [-0.2, -0.15) is 0 Å². The summed E-state index contributed by atoms with van der Waals surface area (Å²) in [6.07, 6.45) is -0.0620. The fourth-order valence-corrected chi connectivity index (χ4v) is 5.17. The number of ether oxygens (including phenoxy) is 1. The number of aliphatic hydroxyl groups excluding tert-OH is 1. The second-order valence-electron chi connectivity index (χ2n) is 10.1. The van der Waals surface area contributed by atoms with Crippen molar-refractivity contribution in [1.82, 2.24) is 10.6 Å². The lowest BCUT2D eigenvalue weighted by molar-refractivity contribution is 0.0830. The van der Waals surface area contributed by atoms with E-state index in [1.54, 1.807) is 11.4 Å². The molecule has 1 amide bonds. The number of aliphatic imine (C=N–C) groups is 1. The molecule has 6 nitrogen and oxygen atoms in total. The summed E-state index contributed by atoms with van der Waals surface area (Å²) >= 11 is 1.34. The van der Waals surface area contributed by atoms with Gasteiger partial charge in [-0.15, -0.1) is 11.3 Å². The molecule has 0 spiro atoms. The van der Waals surface area contributed by atoms with E-state index in [1.807, 2.05) is 26.0 Å². The molecule has 0 radical (unpaired) electrons. The molecule has 1 aromatic heterocycles. The van der Waals surface area contributed by atoms with Crippen LogP contribution in [0.2, 0.25) is 0 Å². The summed E-state index contributed by atoms with van der Waals surface area (Å²) in [7, 11) is 0. The minimum atomic E-state index is -1.03. The maximum absolute atomic E-state index is 13.9. The average Bonchev–Trinajstić information content (AvgIpc) is 3.49. The van der Waals surface area contributed by atoms with Crippen molar-refractivity contribution in [3.63, 3.8) is 0 Å². The van der Waals surface area contributed by atoms with E-state index >= 15 is 0 Å². The summed E-state index contributed by atoms with van der Waals surface area (Å²) in [5.74, 6) is -1.44. The van der Waals surface area contributed by atoms with Gasteiger partial charge in [-0.05, 0) is 67.0 Å². The third-order valence-electron chi connectivity index (χ3n) is 6.31. The Bertz CT molecular complexity index is 1290. The van der Waals surface area contributed by atoms with Crippen LogP contribution in [-0.4, -0.2) is 47.7 Å². The number of hydrogen-bond donors (Lipinski definition) is 3. The van der Waals surface area contributed by atoms with Gasteiger partial charge in [0.25, 0.3) is 5.91 Å². The third kappa shape index (κ3) is 7.24. The van der Waals surface area contributed by atoms with Crippen LogP contribution >= 0.6 is 11.3 Å². The number of thiophene rings is 1. The molecule has 9 heteroatoms. The molecular weight excluding hydrogens is 508 g/mol. The predicted molar refractivity (Wildman–Crippen MR) is 146 cm³/mol. The van der Waals surface area contributed by atoms with E-state index in [4.69, 9.17) is 4.74 Å². The van der Waals surface area contributed by atoms with E-state index in [-0.39, 0.29) is 18.5 Å². The van der Waals surface area contributed by atoms with Crippen LogP contribution in [0, 0.1) is 11.6 Å². The summed E-state index contributed by atoms with van der Waals surface area (Å²) in [6.45, 7) is 7.10. The molecule has 3 aromatic rings. The maximum Gasteiger partial charge on any atom is 0.253 e. The molecule has 38 heavy (non-hydrogen) atoms. The first-order chi connectivity index (χ1) is 18.1. The molecule has 2 atom stereocenters. The van der Waals surface area contributed by atoms with Crippen molar-refractivity contribution in [2.45, 2.75) is 57.8 Å². The van der Waals surface area contributed by atoms with Crippen molar-refractivity contribution < 1.29 is 23.4 Å². The zero-order valence-electron chi connectivity index (χ0n) is 21.8. The normalized spacial score (nSPS) is 16.0. The molecular formula is C29H33F2N3O3S. The lowest BCUT2D eigenvalue weighted by Crippen LogP contribution is -2.48. The van der Waals surface area contributed by atoms with Gasteiger partial charge in [0.1, 0.15) is 23.1 Å². The van der Waals surface area contributed by atoms with Crippen LogP contribution in [0.5, 0.6) is 0 Å².